The van der Waals surface area contributed by atoms with Gasteiger partial charge in [0, 0.05) is 19.7 Å². The third kappa shape index (κ3) is 5.11. The molecular formula is C18H28N2O5S. The van der Waals surface area contributed by atoms with Crippen molar-refractivity contribution in [3.63, 3.8) is 0 Å². The molecule has 0 aromatic heterocycles. The highest BCUT2D eigenvalue weighted by atomic mass is 32.2. The molecule has 0 radical (unpaired) electrons. The lowest BCUT2D eigenvalue weighted by Crippen LogP contribution is -2.49. The molecule has 1 aliphatic rings. The minimum absolute atomic E-state index is 0.00108. The van der Waals surface area contributed by atoms with Gasteiger partial charge in [-0.25, -0.2) is 13.2 Å². The molecule has 146 valence electrons. The van der Waals surface area contributed by atoms with Gasteiger partial charge in [0.15, 0.2) is 16.6 Å². The third-order valence-electron chi connectivity index (χ3n) is 4.76. The zero-order chi connectivity index (χ0) is 19.3. The van der Waals surface area contributed by atoms with E-state index in [9.17, 15) is 13.2 Å². The summed E-state index contributed by atoms with van der Waals surface area (Å²) in [5.41, 5.74) is 3.16. The first kappa shape index (κ1) is 20.5. The fraction of sp³-hybridized carbons (Fsp3) is 0.611. The normalized spacial score (nSPS) is 18.5. The molecule has 1 fully saturated rings. The van der Waals surface area contributed by atoms with Crippen molar-refractivity contribution in [1.29, 1.82) is 0 Å². The zero-order valence-electron chi connectivity index (χ0n) is 15.9. The van der Waals surface area contributed by atoms with Gasteiger partial charge in [0.05, 0.1) is 18.1 Å². The molecule has 2 rings (SSSR count). The van der Waals surface area contributed by atoms with Crippen LogP contribution in [-0.2, 0) is 14.6 Å². The van der Waals surface area contributed by atoms with E-state index < -0.39 is 9.84 Å². The van der Waals surface area contributed by atoms with E-state index in [4.69, 9.17) is 9.47 Å². The Bertz CT molecular complexity index is 748. The Morgan fingerprint density at radius 3 is 2.58 bits per heavy atom. The Labute approximate surface area is 155 Å². The van der Waals surface area contributed by atoms with Crippen LogP contribution in [0, 0.1) is 20.8 Å². The molecule has 0 spiro atoms. The van der Waals surface area contributed by atoms with Gasteiger partial charge in [-0.05, 0) is 43.9 Å². The lowest BCUT2D eigenvalue weighted by molar-refractivity contribution is 0.129. The molecule has 1 aliphatic heterocycles. The van der Waals surface area contributed by atoms with Crippen molar-refractivity contribution in [2.75, 3.05) is 38.5 Å². The van der Waals surface area contributed by atoms with Crippen LogP contribution in [0.25, 0.3) is 0 Å². The maximum Gasteiger partial charge on any atom is 0.320 e. The summed E-state index contributed by atoms with van der Waals surface area (Å²) in [6.45, 7) is 6.65. The average Bonchev–Trinajstić information content (AvgIpc) is 2.94. The first-order valence-corrected chi connectivity index (χ1v) is 10.5. The average molecular weight is 384 g/mol. The number of hydrogen-bond acceptors (Lipinski definition) is 5. The molecule has 1 N–H and O–H groups in total. The number of methoxy groups -OCH3 is 1. The number of urea groups is 1. The number of rotatable bonds is 7. The minimum Gasteiger partial charge on any atom is -0.473 e. The van der Waals surface area contributed by atoms with E-state index in [1.807, 2.05) is 32.9 Å². The van der Waals surface area contributed by atoms with Crippen molar-refractivity contribution in [3.05, 3.63) is 28.8 Å². The van der Waals surface area contributed by atoms with Crippen LogP contribution in [0.5, 0.6) is 5.75 Å². The van der Waals surface area contributed by atoms with Crippen molar-refractivity contribution in [2.45, 2.75) is 33.2 Å². The second-order valence-corrected chi connectivity index (χ2v) is 8.90. The van der Waals surface area contributed by atoms with Crippen LogP contribution in [0.3, 0.4) is 0 Å². The molecular weight excluding hydrogens is 356 g/mol. The van der Waals surface area contributed by atoms with Crippen molar-refractivity contribution in [3.8, 4) is 5.75 Å². The molecule has 0 aliphatic carbocycles. The van der Waals surface area contributed by atoms with Crippen molar-refractivity contribution >= 4 is 15.9 Å². The lowest BCUT2D eigenvalue weighted by Gasteiger charge is -2.28. The number of nitrogens with zero attached hydrogens (tertiary/aromatic N) is 1. The van der Waals surface area contributed by atoms with Gasteiger partial charge < -0.3 is 19.7 Å². The summed E-state index contributed by atoms with van der Waals surface area (Å²) >= 11 is 0. The SMILES string of the molecule is COCCN(C(=O)NCOc1c(C)ccc(C)c1C)C1CCS(=O)(=O)C1. The monoisotopic (exact) mass is 384 g/mol. The quantitative estimate of drug-likeness (QED) is 0.725. The van der Waals surface area contributed by atoms with Crippen LogP contribution in [0.1, 0.15) is 23.1 Å². The third-order valence-corrected chi connectivity index (χ3v) is 6.51. The standard InChI is InChI=1S/C18H28N2O5S/c1-13-5-6-14(2)17(15(13)3)25-12-19-18(21)20(8-9-24-4)16-7-10-26(22,23)11-16/h5-6,16H,7-12H2,1-4H3,(H,19,21). The zero-order valence-corrected chi connectivity index (χ0v) is 16.7. The summed E-state index contributed by atoms with van der Waals surface area (Å²) in [6, 6.07) is 3.35. The Morgan fingerprint density at radius 1 is 1.27 bits per heavy atom. The Morgan fingerprint density at radius 2 is 1.96 bits per heavy atom. The van der Waals surface area contributed by atoms with Gasteiger partial charge in [-0.3, -0.25) is 0 Å². The summed E-state index contributed by atoms with van der Waals surface area (Å²) in [6.07, 6.45) is 0.455. The predicted octanol–water partition coefficient (Wildman–Crippen LogP) is 1.79. The van der Waals surface area contributed by atoms with Gasteiger partial charge >= 0.3 is 6.03 Å². The van der Waals surface area contributed by atoms with Gasteiger partial charge in [-0.2, -0.15) is 0 Å². The fourth-order valence-electron chi connectivity index (χ4n) is 3.08. The van der Waals surface area contributed by atoms with Gasteiger partial charge in [0.2, 0.25) is 0 Å². The number of sulfone groups is 1. The van der Waals surface area contributed by atoms with Gasteiger partial charge in [0.25, 0.3) is 0 Å². The first-order chi connectivity index (χ1) is 12.2. The molecule has 0 bridgehead atoms. The summed E-state index contributed by atoms with van der Waals surface area (Å²) in [5, 5.41) is 2.73. The maximum absolute atomic E-state index is 12.6. The van der Waals surface area contributed by atoms with Crippen molar-refractivity contribution < 1.29 is 22.7 Å². The summed E-state index contributed by atoms with van der Waals surface area (Å²) in [7, 11) is -1.52. The molecule has 1 unspecified atom stereocenters. The second-order valence-electron chi connectivity index (χ2n) is 6.67. The number of carbonyl (C=O) groups is 1. The van der Waals surface area contributed by atoms with E-state index in [1.54, 1.807) is 7.11 Å². The smallest absolute Gasteiger partial charge is 0.320 e. The topological polar surface area (TPSA) is 84.9 Å². The summed E-state index contributed by atoms with van der Waals surface area (Å²) in [5.74, 6) is 0.880. The van der Waals surface area contributed by atoms with Crippen LogP contribution in [0.2, 0.25) is 0 Å². The fourth-order valence-corrected chi connectivity index (χ4v) is 4.81. The van der Waals surface area contributed by atoms with E-state index in [-0.39, 0.29) is 30.3 Å². The molecule has 0 saturated carbocycles. The van der Waals surface area contributed by atoms with E-state index >= 15 is 0 Å². The highest BCUT2D eigenvalue weighted by molar-refractivity contribution is 7.91. The predicted molar refractivity (Wildman–Crippen MR) is 100 cm³/mol. The number of nitrogens with one attached hydrogen (secondary N) is 1. The Hall–Kier alpha value is -1.80. The molecule has 26 heavy (non-hydrogen) atoms. The molecule has 7 nitrogen and oxygen atoms in total. The highest BCUT2D eigenvalue weighted by Crippen LogP contribution is 2.25. The number of ether oxygens (including phenoxy) is 2. The van der Waals surface area contributed by atoms with Gasteiger partial charge in [-0.15, -0.1) is 0 Å². The maximum atomic E-state index is 12.6. The van der Waals surface area contributed by atoms with Crippen molar-refractivity contribution in [2.24, 2.45) is 0 Å². The first-order valence-electron chi connectivity index (χ1n) is 8.68. The van der Waals surface area contributed by atoms with E-state index in [2.05, 4.69) is 5.32 Å². The van der Waals surface area contributed by atoms with E-state index in [1.165, 1.54) is 4.90 Å². The Kier molecular flexibility index (Phi) is 6.88. The second kappa shape index (κ2) is 8.73. The molecule has 1 atom stereocenters. The number of carbonyl (C=O) groups excluding carboxylic acids is 1. The van der Waals surface area contributed by atoms with Crippen molar-refractivity contribution in [1.82, 2.24) is 10.2 Å². The molecule has 2 amide bonds. The molecule has 1 aromatic carbocycles. The van der Waals surface area contributed by atoms with E-state index in [0.29, 0.717) is 19.6 Å². The molecule has 1 saturated heterocycles. The number of aryl methyl sites for hydroxylation is 2. The molecule has 1 heterocycles. The largest absolute Gasteiger partial charge is 0.473 e. The lowest BCUT2D eigenvalue weighted by atomic mass is 10.1. The molecule has 8 heteroatoms. The van der Waals surface area contributed by atoms with Gasteiger partial charge in [0.1, 0.15) is 5.75 Å². The summed E-state index contributed by atoms with van der Waals surface area (Å²) in [4.78, 5) is 14.1. The number of amides is 2. The minimum atomic E-state index is -3.07. The van der Waals surface area contributed by atoms with Crippen LogP contribution >= 0.6 is 0 Å². The summed E-state index contributed by atoms with van der Waals surface area (Å²) < 4.78 is 34.3. The van der Waals surface area contributed by atoms with Crippen LogP contribution < -0.4 is 10.1 Å². The molecule has 1 aromatic rings. The van der Waals surface area contributed by atoms with Crippen LogP contribution in [0.15, 0.2) is 12.1 Å². The van der Waals surface area contributed by atoms with Crippen LogP contribution in [0.4, 0.5) is 4.79 Å². The van der Waals surface area contributed by atoms with Crippen LogP contribution in [-0.4, -0.2) is 63.9 Å². The number of hydrogen-bond donors (Lipinski definition) is 1. The van der Waals surface area contributed by atoms with Gasteiger partial charge in [-0.1, -0.05) is 12.1 Å². The van der Waals surface area contributed by atoms with E-state index in [0.717, 1.165) is 22.4 Å². The number of benzene rings is 1. The highest BCUT2D eigenvalue weighted by Gasteiger charge is 2.34. The Balaban J connectivity index is 1.98.